The third-order valence-corrected chi connectivity index (χ3v) is 4.01. The Morgan fingerprint density at radius 2 is 2.12 bits per heavy atom. The van der Waals surface area contributed by atoms with Crippen molar-refractivity contribution >= 4 is 5.91 Å². The van der Waals surface area contributed by atoms with Gasteiger partial charge in [-0.25, -0.2) is 0 Å². The van der Waals surface area contributed by atoms with Crippen LogP contribution in [0.2, 0.25) is 0 Å². The van der Waals surface area contributed by atoms with Gasteiger partial charge in [0.25, 0.3) is 0 Å². The highest BCUT2D eigenvalue weighted by molar-refractivity contribution is 5.78. The summed E-state index contributed by atoms with van der Waals surface area (Å²) in [5.74, 6) is 1.60. The fourth-order valence-corrected chi connectivity index (χ4v) is 2.64. The highest BCUT2D eigenvalue weighted by Gasteiger charge is 2.26. The summed E-state index contributed by atoms with van der Waals surface area (Å²) < 4.78 is 0. The van der Waals surface area contributed by atoms with Gasteiger partial charge in [0.1, 0.15) is 0 Å². The molecule has 0 aromatic heterocycles. The van der Waals surface area contributed by atoms with Crippen LogP contribution >= 0.6 is 0 Å². The van der Waals surface area contributed by atoms with Crippen molar-refractivity contribution in [3.63, 3.8) is 0 Å². The Bertz CT molecular complexity index is 265. The number of likely N-dealkylation sites (tertiary alicyclic amines) is 1. The summed E-state index contributed by atoms with van der Waals surface area (Å²) in [5.41, 5.74) is 0. The molecule has 0 aromatic rings. The Labute approximate surface area is 104 Å². The minimum atomic E-state index is 0.201. The molecule has 2 unspecified atom stereocenters. The van der Waals surface area contributed by atoms with E-state index in [1.165, 1.54) is 12.8 Å². The quantitative estimate of drug-likeness (QED) is 0.732. The van der Waals surface area contributed by atoms with Gasteiger partial charge in [0, 0.05) is 25.7 Å². The van der Waals surface area contributed by atoms with E-state index in [2.05, 4.69) is 22.5 Å². The van der Waals surface area contributed by atoms with Gasteiger partial charge in [-0.3, -0.25) is 9.69 Å². The molecule has 4 heteroatoms. The molecule has 1 aliphatic heterocycles. The van der Waals surface area contributed by atoms with E-state index in [-0.39, 0.29) is 5.91 Å². The van der Waals surface area contributed by atoms with Crippen LogP contribution in [0, 0.1) is 11.8 Å². The van der Waals surface area contributed by atoms with Crippen LogP contribution in [0.3, 0.4) is 0 Å². The highest BCUT2D eigenvalue weighted by Crippen LogP contribution is 2.27. The fraction of sp³-hybridized carbons (Fsp3) is 0.923. The fourth-order valence-electron chi connectivity index (χ4n) is 2.64. The summed E-state index contributed by atoms with van der Waals surface area (Å²) in [6.07, 6.45) is 3.74. The van der Waals surface area contributed by atoms with Crippen LogP contribution in [0.25, 0.3) is 0 Å². The zero-order chi connectivity index (χ0) is 12.3. The predicted molar refractivity (Wildman–Crippen MR) is 68.8 cm³/mol. The van der Waals surface area contributed by atoms with Crippen molar-refractivity contribution in [1.82, 2.24) is 15.5 Å². The number of rotatable bonds is 5. The van der Waals surface area contributed by atoms with Crippen LogP contribution < -0.4 is 10.6 Å². The lowest BCUT2D eigenvalue weighted by Crippen LogP contribution is -2.49. The van der Waals surface area contributed by atoms with Gasteiger partial charge in [-0.1, -0.05) is 6.92 Å². The van der Waals surface area contributed by atoms with E-state index >= 15 is 0 Å². The molecule has 0 spiro atoms. The normalized spacial score (nSPS) is 30.2. The number of hydrogen-bond acceptors (Lipinski definition) is 3. The van der Waals surface area contributed by atoms with Crippen LogP contribution in [0.1, 0.15) is 26.2 Å². The van der Waals surface area contributed by atoms with Crippen molar-refractivity contribution in [2.24, 2.45) is 11.8 Å². The molecule has 2 N–H and O–H groups in total. The Morgan fingerprint density at radius 1 is 1.35 bits per heavy atom. The standard InChI is InChI=1S/C13H25N3O/c1-10-8-16(6-5-12(10)14-2)9-13(17)15-7-11-3-4-11/h10-12,14H,3-9H2,1-2H3,(H,15,17). The van der Waals surface area contributed by atoms with Gasteiger partial charge < -0.3 is 10.6 Å². The summed E-state index contributed by atoms with van der Waals surface area (Å²) in [5, 5.41) is 6.38. The van der Waals surface area contributed by atoms with Crippen molar-refractivity contribution < 1.29 is 4.79 Å². The maximum absolute atomic E-state index is 11.7. The lowest BCUT2D eigenvalue weighted by molar-refractivity contribution is -0.122. The van der Waals surface area contributed by atoms with Gasteiger partial charge in [0.05, 0.1) is 6.54 Å². The monoisotopic (exact) mass is 239 g/mol. The Morgan fingerprint density at radius 3 is 2.71 bits per heavy atom. The number of carbonyl (C=O) groups excluding carboxylic acids is 1. The molecular formula is C13H25N3O. The molecule has 0 aromatic carbocycles. The van der Waals surface area contributed by atoms with E-state index in [1.807, 2.05) is 7.05 Å². The molecule has 17 heavy (non-hydrogen) atoms. The Kier molecular flexibility index (Phi) is 4.40. The Balaban J connectivity index is 1.66. The molecule has 2 aliphatic rings. The molecule has 0 radical (unpaired) electrons. The van der Waals surface area contributed by atoms with Crippen molar-refractivity contribution in [2.45, 2.75) is 32.2 Å². The third-order valence-electron chi connectivity index (χ3n) is 4.01. The molecule has 2 fully saturated rings. The van der Waals surface area contributed by atoms with Crippen molar-refractivity contribution in [3.8, 4) is 0 Å². The maximum atomic E-state index is 11.7. The van der Waals surface area contributed by atoms with Crippen molar-refractivity contribution in [2.75, 3.05) is 33.2 Å². The molecule has 0 bridgehead atoms. The lowest BCUT2D eigenvalue weighted by atomic mass is 9.94. The molecule has 4 nitrogen and oxygen atoms in total. The van der Waals surface area contributed by atoms with Crippen LogP contribution in [0.4, 0.5) is 0 Å². The number of carbonyl (C=O) groups is 1. The topological polar surface area (TPSA) is 44.4 Å². The SMILES string of the molecule is CNC1CCN(CC(=O)NCC2CC2)CC1C. The van der Waals surface area contributed by atoms with Gasteiger partial charge in [0.15, 0.2) is 0 Å². The van der Waals surface area contributed by atoms with Crippen LogP contribution in [-0.2, 0) is 4.79 Å². The summed E-state index contributed by atoms with van der Waals surface area (Å²) in [6.45, 7) is 5.79. The largest absolute Gasteiger partial charge is 0.355 e. The average Bonchev–Trinajstić information content (AvgIpc) is 3.10. The second-order valence-electron chi connectivity index (χ2n) is 5.64. The van der Waals surface area contributed by atoms with Gasteiger partial charge in [-0.2, -0.15) is 0 Å². The zero-order valence-corrected chi connectivity index (χ0v) is 11.0. The van der Waals surface area contributed by atoms with E-state index in [1.54, 1.807) is 0 Å². The molecule has 1 aliphatic carbocycles. The molecule has 1 heterocycles. The molecule has 1 amide bonds. The molecule has 1 saturated carbocycles. The number of amides is 1. The average molecular weight is 239 g/mol. The minimum Gasteiger partial charge on any atom is -0.355 e. The summed E-state index contributed by atoms with van der Waals surface area (Å²) >= 11 is 0. The first-order chi connectivity index (χ1) is 8.19. The van der Waals surface area contributed by atoms with Crippen LogP contribution in [-0.4, -0.2) is 50.1 Å². The van der Waals surface area contributed by atoms with Crippen molar-refractivity contribution in [3.05, 3.63) is 0 Å². The molecular weight excluding hydrogens is 214 g/mol. The van der Waals surface area contributed by atoms with E-state index in [0.29, 0.717) is 18.5 Å². The number of nitrogens with zero attached hydrogens (tertiary/aromatic N) is 1. The minimum absolute atomic E-state index is 0.201. The van der Waals surface area contributed by atoms with Crippen LogP contribution in [0.15, 0.2) is 0 Å². The lowest BCUT2D eigenvalue weighted by Gasteiger charge is -2.36. The van der Waals surface area contributed by atoms with Gasteiger partial charge in [-0.15, -0.1) is 0 Å². The molecule has 98 valence electrons. The third kappa shape index (κ3) is 3.96. The first kappa shape index (κ1) is 12.8. The molecule has 1 saturated heterocycles. The second kappa shape index (κ2) is 5.83. The van der Waals surface area contributed by atoms with Gasteiger partial charge in [-0.05, 0) is 38.1 Å². The van der Waals surface area contributed by atoms with Gasteiger partial charge >= 0.3 is 0 Å². The molecule has 2 atom stereocenters. The van der Waals surface area contributed by atoms with Crippen LogP contribution in [0.5, 0.6) is 0 Å². The van der Waals surface area contributed by atoms with E-state index in [9.17, 15) is 4.79 Å². The smallest absolute Gasteiger partial charge is 0.234 e. The maximum Gasteiger partial charge on any atom is 0.234 e. The number of nitrogens with one attached hydrogen (secondary N) is 2. The van der Waals surface area contributed by atoms with Crippen molar-refractivity contribution in [1.29, 1.82) is 0 Å². The summed E-state index contributed by atoms with van der Waals surface area (Å²) in [4.78, 5) is 14.0. The zero-order valence-electron chi connectivity index (χ0n) is 11.0. The predicted octanol–water partition coefficient (Wildman–Crippen LogP) is 0.442. The van der Waals surface area contributed by atoms with E-state index in [4.69, 9.17) is 0 Å². The summed E-state index contributed by atoms with van der Waals surface area (Å²) in [6, 6.07) is 0.612. The number of piperidine rings is 1. The highest BCUT2D eigenvalue weighted by atomic mass is 16.2. The second-order valence-corrected chi connectivity index (χ2v) is 5.64. The first-order valence-electron chi connectivity index (χ1n) is 6.85. The summed E-state index contributed by atoms with van der Waals surface area (Å²) in [7, 11) is 2.03. The van der Waals surface area contributed by atoms with E-state index in [0.717, 1.165) is 32.0 Å². The number of hydrogen-bond donors (Lipinski definition) is 2. The molecule has 2 rings (SSSR count). The van der Waals surface area contributed by atoms with E-state index < -0.39 is 0 Å². The first-order valence-corrected chi connectivity index (χ1v) is 6.85. The van der Waals surface area contributed by atoms with Gasteiger partial charge in [0.2, 0.25) is 5.91 Å². The Hall–Kier alpha value is -0.610.